The standard InChI is InChI=1S/C11H15NO5S/c1-17-9-4-2-5-10(8-9)18(15,16)12-7-3-6-11(13)14/h2,4-5,8,12H,3,6-7H2,1H3,(H,13,14). The zero-order valence-corrected chi connectivity index (χ0v) is 10.7. The summed E-state index contributed by atoms with van der Waals surface area (Å²) in [6.07, 6.45) is 0.180. The van der Waals surface area contributed by atoms with Crippen molar-refractivity contribution in [3.63, 3.8) is 0 Å². The van der Waals surface area contributed by atoms with Gasteiger partial charge in [0.1, 0.15) is 5.75 Å². The van der Waals surface area contributed by atoms with Gasteiger partial charge in [-0.25, -0.2) is 13.1 Å². The Morgan fingerprint density at radius 1 is 1.44 bits per heavy atom. The highest BCUT2D eigenvalue weighted by Gasteiger charge is 2.14. The van der Waals surface area contributed by atoms with Crippen LogP contribution in [0.3, 0.4) is 0 Å². The molecule has 0 amide bonds. The van der Waals surface area contributed by atoms with Gasteiger partial charge in [-0.05, 0) is 18.6 Å². The molecule has 0 aliphatic carbocycles. The van der Waals surface area contributed by atoms with E-state index in [1.807, 2.05) is 0 Å². The van der Waals surface area contributed by atoms with E-state index >= 15 is 0 Å². The minimum absolute atomic E-state index is 0.0688. The molecule has 0 radical (unpaired) electrons. The fourth-order valence-corrected chi connectivity index (χ4v) is 2.41. The summed E-state index contributed by atoms with van der Waals surface area (Å²) in [4.78, 5) is 10.4. The first-order valence-electron chi connectivity index (χ1n) is 5.31. The van der Waals surface area contributed by atoms with Crippen LogP contribution in [0.15, 0.2) is 29.2 Å². The lowest BCUT2D eigenvalue weighted by Gasteiger charge is -2.07. The molecular formula is C11H15NO5S. The summed E-state index contributed by atoms with van der Waals surface area (Å²) >= 11 is 0. The molecule has 0 aliphatic rings. The van der Waals surface area contributed by atoms with Crippen LogP contribution in [0, 0.1) is 0 Å². The number of nitrogens with one attached hydrogen (secondary N) is 1. The zero-order valence-electron chi connectivity index (χ0n) is 9.92. The van der Waals surface area contributed by atoms with Gasteiger partial charge < -0.3 is 9.84 Å². The third kappa shape index (κ3) is 4.34. The normalized spacial score (nSPS) is 11.2. The molecule has 0 saturated heterocycles. The maximum absolute atomic E-state index is 11.8. The Morgan fingerprint density at radius 2 is 2.17 bits per heavy atom. The molecule has 0 heterocycles. The first-order chi connectivity index (χ1) is 8.45. The van der Waals surface area contributed by atoms with E-state index in [0.29, 0.717) is 5.75 Å². The molecule has 1 aromatic rings. The number of aliphatic carboxylic acids is 1. The van der Waals surface area contributed by atoms with E-state index in [0.717, 1.165) is 0 Å². The van der Waals surface area contributed by atoms with Crippen LogP contribution in [0.5, 0.6) is 5.75 Å². The molecule has 0 fully saturated rings. The zero-order chi connectivity index (χ0) is 13.6. The van der Waals surface area contributed by atoms with E-state index in [2.05, 4.69) is 4.72 Å². The van der Waals surface area contributed by atoms with Crippen molar-refractivity contribution < 1.29 is 23.1 Å². The molecule has 2 N–H and O–H groups in total. The number of sulfonamides is 1. The first-order valence-corrected chi connectivity index (χ1v) is 6.79. The van der Waals surface area contributed by atoms with Crippen molar-refractivity contribution in [1.82, 2.24) is 4.72 Å². The van der Waals surface area contributed by atoms with Crippen LogP contribution in [0.4, 0.5) is 0 Å². The van der Waals surface area contributed by atoms with E-state index in [9.17, 15) is 13.2 Å². The van der Waals surface area contributed by atoms with Gasteiger partial charge in [-0.15, -0.1) is 0 Å². The number of methoxy groups -OCH3 is 1. The van der Waals surface area contributed by atoms with E-state index in [1.165, 1.54) is 19.2 Å². The van der Waals surface area contributed by atoms with Crippen molar-refractivity contribution in [2.45, 2.75) is 17.7 Å². The van der Waals surface area contributed by atoms with Crippen molar-refractivity contribution in [3.05, 3.63) is 24.3 Å². The van der Waals surface area contributed by atoms with Gasteiger partial charge in [-0.2, -0.15) is 0 Å². The fraction of sp³-hybridized carbons (Fsp3) is 0.364. The summed E-state index contributed by atoms with van der Waals surface area (Å²) < 4.78 is 30.9. The second kappa shape index (κ2) is 6.36. The average Bonchev–Trinajstić information content (AvgIpc) is 2.34. The third-order valence-electron chi connectivity index (χ3n) is 2.21. The number of rotatable bonds is 7. The number of carboxylic acids is 1. The van der Waals surface area contributed by atoms with Gasteiger partial charge in [0.05, 0.1) is 12.0 Å². The molecule has 100 valence electrons. The lowest BCUT2D eigenvalue weighted by atomic mass is 10.3. The Bertz CT molecular complexity index is 512. The van der Waals surface area contributed by atoms with Crippen molar-refractivity contribution in [2.24, 2.45) is 0 Å². The van der Waals surface area contributed by atoms with Gasteiger partial charge in [0.2, 0.25) is 10.0 Å². The Kier molecular flexibility index (Phi) is 5.11. The monoisotopic (exact) mass is 273 g/mol. The van der Waals surface area contributed by atoms with Crippen LogP contribution in [0.1, 0.15) is 12.8 Å². The third-order valence-corrected chi connectivity index (χ3v) is 3.67. The molecule has 18 heavy (non-hydrogen) atoms. The highest BCUT2D eigenvalue weighted by molar-refractivity contribution is 7.89. The number of hydrogen-bond donors (Lipinski definition) is 2. The van der Waals surface area contributed by atoms with Crippen LogP contribution in [0.25, 0.3) is 0 Å². The molecule has 0 unspecified atom stereocenters. The number of ether oxygens (including phenoxy) is 1. The molecule has 0 aromatic heterocycles. The molecule has 0 atom stereocenters. The molecule has 7 heteroatoms. The summed E-state index contributed by atoms with van der Waals surface area (Å²) in [5, 5.41) is 8.43. The van der Waals surface area contributed by atoms with Gasteiger partial charge in [0.15, 0.2) is 0 Å². The molecule has 0 aliphatic heterocycles. The van der Waals surface area contributed by atoms with Gasteiger partial charge in [0, 0.05) is 19.0 Å². The van der Waals surface area contributed by atoms with Crippen LogP contribution in [-0.2, 0) is 14.8 Å². The van der Waals surface area contributed by atoms with Gasteiger partial charge in [-0.1, -0.05) is 6.07 Å². The Hall–Kier alpha value is -1.60. The van der Waals surface area contributed by atoms with E-state index in [4.69, 9.17) is 9.84 Å². The van der Waals surface area contributed by atoms with Gasteiger partial charge in [0.25, 0.3) is 0 Å². The quantitative estimate of drug-likeness (QED) is 0.718. The highest BCUT2D eigenvalue weighted by atomic mass is 32.2. The number of benzene rings is 1. The first kappa shape index (κ1) is 14.5. The number of carboxylic acid groups (broad SMARTS) is 1. The molecule has 1 aromatic carbocycles. The molecule has 0 saturated carbocycles. The number of hydrogen-bond acceptors (Lipinski definition) is 4. The van der Waals surface area contributed by atoms with E-state index in [1.54, 1.807) is 12.1 Å². The summed E-state index contributed by atoms with van der Waals surface area (Å²) in [5.41, 5.74) is 0. The smallest absolute Gasteiger partial charge is 0.303 e. The van der Waals surface area contributed by atoms with Crippen LogP contribution >= 0.6 is 0 Å². The van der Waals surface area contributed by atoms with Crippen molar-refractivity contribution >= 4 is 16.0 Å². The molecule has 1 rings (SSSR count). The predicted octanol–water partition coefficient (Wildman–Crippen LogP) is 0.838. The van der Waals surface area contributed by atoms with Crippen molar-refractivity contribution in [1.29, 1.82) is 0 Å². The maximum atomic E-state index is 11.8. The lowest BCUT2D eigenvalue weighted by Crippen LogP contribution is -2.25. The fourth-order valence-electron chi connectivity index (χ4n) is 1.30. The molecule has 6 nitrogen and oxygen atoms in total. The molecule has 0 bridgehead atoms. The SMILES string of the molecule is COc1cccc(S(=O)(=O)NCCCC(=O)O)c1. The minimum atomic E-state index is -3.61. The average molecular weight is 273 g/mol. The second-order valence-electron chi connectivity index (χ2n) is 3.57. The summed E-state index contributed by atoms with van der Waals surface area (Å²) in [6, 6.07) is 6.07. The van der Waals surface area contributed by atoms with Crippen LogP contribution in [0.2, 0.25) is 0 Å². The van der Waals surface area contributed by atoms with Crippen molar-refractivity contribution in [3.8, 4) is 5.75 Å². The molecule has 0 spiro atoms. The lowest BCUT2D eigenvalue weighted by molar-refractivity contribution is -0.137. The summed E-state index contributed by atoms with van der Waals surface area (Å²) in [7, 11) is -2.16. The second-order valence-corrected chi connectivity index (χ2v) is 5.34. The predicted molar refractivity (Wildman–Crippen MR) is 65.1 cm³/mol. The van der Waals surface area contributed by atoms with Crippen LogP contribution < -0.4 is 9.46 Å². The van der Waals surface area contributed by atoms with Crippen LogP contribution in [-0.4, -0.2) is 33.1 Å². The largest absolute Gasteiger partial charge is 0.497 e. The Labute approximate surface area is 106 Å². The van der Waals surface area contributed by atoms with E-state index < -0.39 is 16.0 Å². The Balaban J connectivity index is 2.65. The number of carbonyl (C=O) groups is 1. The Morgan fingerprint density at radius 3 is 2.78 bits per heavy atom. The van der Waals surface area contributed by atoms with Gasteiger partial charge in [-0.3, -0.25) is 4.79 Å². The van der Waals surface area contributed by atoms with Crippen molar-refractivity contribution in [2.75, 3.05) is 13.7 Å². The topological polar surface area (TPSA) is 92.7 Å². The van der Waals surface area contributed by atoms with E-state index in [-0.39, 0.29) is 24.3 Å². The van der Waals surface area contributed by atoms with Gasteiger partial charge >= 0.3 is 5.97 Å². The summed E-state index contributed by atoms with van der Waals surface area (Å²) in [5.74, 6) is -0.501. The minimum Gasteiger partial charge on any atom is -0.497 e. The summed E-state index contributed by atoms with van der Waals surface area (Å²) in [6.45, 7) is 0.0891. The highest BCUT2D eigenvalue weighted by Crippen LogP contribution is 2.16. The molecular weight excluding hydrogens is 258 g/mol. The maximum Gasteiger partial charge on any atom is 0.303 e.